The zero-order chi connectivity index (χ0) is 23.0. The lowest BCUT2D eigenvalue weighted by Gasteiger charge is -2.31. The standard InChI is InChI=1S/C22H22ClN3O4S2/c1-14-9-15(2)11-16(10-14)20-13-31-22(24-20)25-7-5-17(6-8-25)32(29,30)18-3-4-19(23)21(12-18)26(27)28/h3-4,9-13,17H,5-8H2,1-2H3. The van der Waals surface area contributed by atoms with Crippen LogP contribution in [0.1, 0.15) is 24.0 Å². The fourth-order valence-corrected chi connectivity index (χ4v) is 6.85. The lowest BCUT2D eigenvalue weighted by molar-refractivity contribution is -0.384. The Morgan fingerprint density at radius 2 is 1.78 bits per heavy atom. The van der Waals surface area contributed by atoms with E-state index in [1.54, 1.807) is 11.3 Å². The maximum atomic E-state index is 13.1. The first-order valence-electron chi connectivity index (χ1n) is 10.1. The largest absolute Gasteiger partial charge is 0.348 e. The molecule has 1 aromatic heterocycles. The zero-order valence-electron chi connectivity index (χ0n) is 17.6. The number of hydrogen-bond acceptors (Lipinski definition) is 7. The molecule has 10 heteroatoms. The molecule has 4 rings (SSSR count). The summed E-state index contributed by atoms with van der Waals surface area (Å²) in [4.78, 5) is 17.3. The molecule has 168 valence electrons. The van der Waals surface area contributed by atoms with E-state index in [2.05, 4.69) is 36.9 Å². The number of sulfone groups is 1. The summed E-state index contributed by atoms with van der Waals surface area (Å²) in [6, 6.07) is 10.0. The molecule has 0 bridgehead atoms. The number of nitro groups is 1. The van der Waals surface area contributed by atoms with Crippen LogP contribution in [0.5, 0.6) is 0 Å². The van der Waals surface area contributed by atoms with E-state index in [0.29, 0.717) is 25.9 Å². The average Bonchev–Trinajstić information content (AvgIpc) is 3.23. The molecule has 2 aromatic carbocycles. The first-order valence-corrected chi connectivity index (χ1v) is 12.9. The molecule has 2 heterocycles. The van der Waals surface area contributed by atoms with Crippen molar-refractivity contribution in [2.75, 3.05) is 18.0 Å². The van der Waals surface area contributed by atoms with Gasteiger partial charge in [-0.25, -0.2) is 13.4 Å². The van der Waals surface area contributed by atoms with Gasteiger partial charge in [0.25, 0.3) is 5.69 Å². The number of hydrogen-bond donors (Lipinski definition) is 0. The number of nitro benzene ring substituents is 1. The quantitative estimate of drug-likeness (QED) is 0.349. The second kappa shape index (κ2) is 8.80. The summed E-state index contributed by atoms with van der Waals surface area (Å²) >= 11 is 7.38. The van der Waals surface area contributed by atoms with Crippen LogP contribution < -0.4 is 4.90 Å². The van der Waals surface area contributed by atoms with E-state index in [1.807, 2.05) is 5.38 Å². The number of halogens is 1. The van der Waals surface area contributed by atoms with Gasteiger partial charge in [0.15, 0.2) is 15.0 Å². The van der Waals surface area contributed by atoms with E-state index in [9.17, 15) is 18.5 Å². The molecule has 0 N–H and O–H groups in total. The topological polar surface area (TPSA) is 93.4 Å². The summed E-state index contributed by atoms with van der Waals surface area (Å²) in [6.07, 6.45) is 0.856. The van der Waals surface area contributed by atoms with Gasteiger partial charge in [-0.05, 0) is 51.0 Å². The van der Waals surface area contributed by atoms with Gasteiger partial charge in [-0.2, -0.15) is 0 Å². The SMILES string of the molecule is Cc1cc(C)cc(-c2csc(N3CCC(S(=O)(=O)c4ccc(Cl)c([N+](=O)[O-])c4)CC3)n2)c1. The molecule has 3 aromatic rings. The zero-order valence-corrected chi connectivity index (χ0v) is 20.0. The van der Waals surface area contributed by atoms with Crippen molar-refractivity contribution >= 4 is 43.6 Å². The second-order valence-electron chi connectivity index (χ2n) is 7.99. The number of anilines is 1. The molecule has 1 fully saturated rings. The van der Waals surface area contributed by atoms with Crippen molar-refractivity contribution in [1.82, 2.24) is 4.98 Å². The minimum atomic E-state index is -3.69. The molecule has 0 unspecified atom stereocenters. The fraction of sp³-hybridized carbons (Fsp3) is 0.318. The molecular weight excluding hydrogens is 470 g/mol. The lowest BCUT2D eigenvalue weighted by Crippen LogP contribution is -2.39. The van der Waals surface area contributed by atoms with Crippen LogP contribution in [0.15, 0.2) is 46.7 Å². The monoisotopic (exact) mass is 491 g/mol. The number of nitrogens with zero attached hydrogens (tertiary/aromatic N) is 3. The summed E-state index contributed by atoms with van der Waals surface area (Å²) in [5, 5.41) is 13.4. The van der Waals surface area contributed by atoms with E-state index < -0.39 is 25.7 Å². The Hall–Kier alpha value is -2.49. The molecule has 1 aliphatic heterocycles. The van der Waals surface area contributed by atoms with Gasteiger partial charge in [0, 0.05) is 30.1 Å². The first-order chi connectivity index (χ1) is 15.1. The van der Waals surface area contributed by atoms with Crippen molar-refractivity contribution in [2.45, 2.75) is 36.8 Å². The van der Waals surface area contributed by atoms with Crippen LogP contribution in [-0.4, -0.2) is 36.7 Å². The predicted octanol–water partition coefficient (Wildman–Crippen LogP) is 5.43. The first kappa shape index (κ1) is 22.7. The van der Waals surface area contributed by atoms with E-state index in [-0.39, 0.29) is 9.92 Å². The van der Waals surface area contributed by atoms with E-state index in [4.69, 9.17) is 16.6 Å². The van der Waals surface area contributed by atoms with Gasteiger partial charge >= 0.3 is 0 Å². The van der Waals surface area contributed by atoms with Crippen molar-refractivity contribution in [3.63, 3.8) is 0 Å². The van der Waals surface area contributed by atoms with Crippen molar-refractivity contribution in [2.24, 2.45) is 0 Å². The highest BCUT2D eigenvalue weighted by atomic mass is 35.5. The summed E-state index contributed by atoms with van der Waals surface area (Å²) in [5.41, 5.74) is 3.96. The van der Waals surface area contributed by atoms with Crippen molar-refractivity contribution in [3.8, 4) is 11.3 Å². The van der Waals surface area contributed by atoms with E-state index >= 15 is 0 Å². The van der Waals surface area contributed by atoms with Gasteiger partial charge in [-0.1, -0.05) is 28.8 Å². The predicted molar refractivity (Wildman–Crippen MR) is 128 cm³/mol. The molecule has 0 saturated carbocycles. The third kappa shape index (κ3) is 4.51. The smallest absolute Gasteiger partial charge is 0.289 e. The number of rotatable bonds is 5. The van der Waals surface area contributed by atoms with E-state index in [0.717, 1.165) is 22.5 Å². The van der Waals surface area contributed by atoms with Gasteiger partial charge in [-0.3, -0.25) is 10.1 Å². The van der Waals surface area contributed by atoms with Crippen LogP contribution in [0.4, 0.5) is 10.8 Å². The van der Waals surface area contributed by atoms with Crippen LogP contribution in [0.25, 0.3) is 11.3 Å². The van der Waals surface area contributed by atoms with Crippen LogP contribution in [0.3, 0.4) is 0 Å². The molecule has 0 aliphatic carbocycles. The summed E-state index contributed by atoms with van der Waals surface area (Å²) in [7, 11) is -3.69. The molecule has 7 nitrogen and oxygen atoms in total. The Bertz CT molecular complexity index is 1260. The van der Waals surface area contributed by atoms with Gasteiger partial charge in [0.2, 0.25) is 0 Å². The maximum Gasteiger partial charge on any atom is 0.289 e. The van der Waals surface area contributed by atoms with Crippen LogP contribution >= 0.6 is 22.9 Å². The Kier molecular flexibility index (Phi) is 6.24. The summed E-state index contributed by atoms with van der Waals surface area (Å²) < 4.78 is 26.1. The van der Waals surface area contributed by atoms with Gasteiger partial charge in [0.05, 0.1) is 20.8 Å². The number of aryl methyl sites for hydroxylation is 2. The summed E-state index contributed by atoms with van der Waals surface area (Å²) in [6.45, 7) is 5.23. The van der Waals surface area contributed by atoms with Gasteiger partial charge < -0.3 is 4.90 Å². The molecule has 0 radical (unpaired) electrons. The van der Waals surface area contributed by atoms with Crippen molar-refractivity contribution < 1.29 is 13.3 Å². The normalized spacial score (nSPS) is 15.2. The lowest BCUT2D eigenvalue weighted by atomic mass is 10.1. The molecular formula is C22H22ClN3O4S2. The molecule has 32 heavy (non-hydrogen) atoms. The Morgan fingerprint density at radius 3 is 2.41 bits per heavy atom. The van der Waals surface area contributed by atoms with Gasteiger partial charge in [-0.15, -0.1) is 11.3 Å². The van der Waals surface area contributed by atoms with Crippen molar-refractivity contribution in [1.29, 1.82) is 0 Å². The minimum Gasteiger partial charge on any atom is -0.348 e. The average molecular weight is 492 g/mol. The van der Waals surface area contributed by atoms with Crippen molar-refractivity contribution in [3.05, 3.63) is 68.0 Å². The maximum absolute atomic E-state index is 13.1. The Morgan fingerprint density at radius 1 is 1.12 bits per heavy atom. The van der Waals surface area contributed by atoms with E-state index in [1.165, 1.54) is 23.3 Å². The molecule has 0 amide bonds. The van der Waals surface area contributed by atoms with Crippen LogP contribution in [0.2, 0.25) is 5.02 Å². The highest BCUT2D eigenvalue weighted by Crippen LogP contribution is 2.34. The molecule has 1 saturated heterocycles. The molecule has 1 aliphatic rings. The Balaban J connectivity index is 1.48. The molecule has 0 spiro atoms. The number of thiazole rings is 1. The van der Waals surface area contributed by atoms with Gasteiger partial charge in [0.1, 0.15) is 5.02 Å². The minimum absolute atomic E-state index is 0.0570. The number of benzene rings is 2. The van der Waals surface area contributed by atoms with Crippen LogP contribution in [0, 0.1) is 24.0 Å². The second-order valence-corrected chi connectivity index (χ2v) is 11.5. The third-order valence-corrected chi connectivity index (χ3v) is 9.08. The molecule has 0 atom stereocenters. The summed E-state index contributed by atoms with van der Waals surface area (Å²) in [5.74, 6) is 0. The Labute approximate surface area is 195 Å². The fourth-order valence-electron chi connectivity index (χ4n) is 4.02. The highest BCUT2D eigenvalue weighted by Gasteiger charge is 2.33. The van der Waals surface area contributed by atoms with Crippen LogP contribution in [-0.2, 0) is 9.84 Å². The number of aromatic nitrogens is 1. The number of piperidine rings is 1. The highest BCUT2D eigenvalue weighted by molar-refractivity contribution is 7.92. The third-order valence-electron chi connectivity index (χ3n) is 5.60.